The van der Waals surface area contributed by atoms with Crippen LogP contribution < -0.4 is 5.32 Å². The Morgan fingerprint density at radius 1 is 1.32 bits per heavy atom. The third-order valence-corrected chi connectivity index (χ3v) is 5.67. The van der Waals surface area contributed by atoms with Gasteiger partial charge in [-0.15, -0.1) is 0 Å². The van der Waals surface area contributed by atoms with Crippen molar-refractivity contribution in [3.05, 3.63) is 34.9 Å². The lowest BCUT2D eigenvalue weighted by atomic mass is 9.68. The molecule has 1 N–H and O–H groups in total. The Labute approximate surface area is 137 Å². The van der Waals surface area contributed by atoms with Gasteiger partial charge in [0.2, 0.25) is 0 Å². The summed E-state index contributed by atoms with van der Waals surface area (Å²) in [6.07, 6.45) is 3.78. The van der Waals surface area contributed by atoms with Crippen molar-refractivity contribution in [1.29, 1.82) is 0 Å². The smallest absolute Gasteiger partial charge is 0.171 e. The summed E-state index contributed by atoms with van der Waals surface area (Å²) >= 11 is 5.96. The zero-order chi connectivity index (χ0) is 15.2. The number of nitrogens with one attached hydrogen (secondary N) is 1. The fraction of sp³-hybridized carbons (Fsp3) is 0.611. The van der Waals surface area contributed by atoms with Gasteiger partial charge in [-0.1, -0.05) is 11.6 Å². The van der Waals surface area contributed by atoms with Crippen molar-refractivity contribution < 1.29 is 4.79 Å². The van der Waals surface area contributed by atoms with E-state index in [-0.39, 0.29) is 5.41 Å². The molecule has 4 rings (SSSR count). The zero-order valence-electron chi connectivity index (χ0n) is 12.9. The summed E-state index contributed by atoms with van der Waals surface area (Å²) in [5.74, 6) is 1.79. The Morgan fingerprint density at radius 2 is 2.09 bits per heavy atom. The molecular formula is C18H23ClN2O. The number of benzene rings is 1. The van der Waals surface area contributed by atoms with E-state index >= 15 is 0 Å². The van der Waals surface area contributed by atoms with Gasteiger partial charge in [0, 0.05) is 36.8 Å². The fourth-order valence-corrected chi connectivity index (χ4v) is 4.40. The van der Waals surface area contributed by atoms with Crippen LogP contribution in [0.15, 0.2) is 24.3 Å². The third kappa shape index (κ3) is 2.82. The predicted octanol–water partition coefficient (Wildman–Crippen LogP) is 2.84. The Hall–Kier alpha value is -0.900. The van der Waals surface area contributed by atoms with Crippen LogP contribution in [0, 0.1) is 17.3 Å². The molecule has 2 heterocycles. The molecule has 1 saturated carbocycles. The third-order valence-electron chi connectivity index (χ3n) is 5.42. The van der Waals surface area contributed by atoms with E-state index in [0.717, 1.165) is 44.1 Å². The molecule has 3 aliphatic rings. The van der Waals surface area contributed by atoms with Crippen LogP contribution in [-0.4, -0.2) is 43.4 Å². The first-order valence-electron chi connectivity index (χ1n) is 8.38. The maximum Gasteiger partial charge on any atom is 0.171 e. The number of Topliss-reactive ketones (excluding diaryl/α,β-unsaturated/α-hetero) is 1. The van der Waals surface area contributed by atoms with Gasteiger partial charge >= 0.3 is 0 Å². The molecule has 22 heavy (non-hydrogen) atoms. The molecule has 0 radical (unpaired) electrons. The molecule has 2 saturated heterocycles. The van der Waals surface area contributed by atoms with Gasteiger partial charge in [-0.25, -0.2) is 0 Å². The lowest BCUT2D eigenvalue weighted by molar-refractivity contribution is 0.0203. The van der Waals surface area contributed by atoms with Crippen LogP contribution in [0.4, 0.5) is 0 Å². The van der Waals surface area contributed by atoms with Crippen molar-refractivity contribution in [2.75, 3.05) is 32.7 Å². The average molecular weight is 319 g/mol. The summed E-state index contributed by atoms with van der Waals surface area (Å²) in [6, 6.07) is 7.40. The minimum Gasteiger partial charge on any atom is -0.315 e. The van der Waals surface area contributed by atoms with Gasteiger partial charge in [0.25, 0.3) is 0 Å². The lowest BCUT2D eigenvalue weighted by Crippen LogP contribution is -2.61. The van der Waals surface area contributed by atoms with Gasteiger partial charge in [0.15, 0.2) is 5.78 Å². The van der Waals surface area contributed by atoms with Crippen LogP contribution in [0.3, 0.4) is 0 Å². The van der Waals surface area contributed by atoms with Gasteiger partial charge < -0.3 is 10.2 Å². The molecule has 1 aromatic rings. The lowest BCUT2D eigenvalue weighted by Gasteiger charge is -2.49. The van der Waals surface area contributed by atoms with Crippen LogP contribution in [0.5, 0.6) is 0 Å². The van der Waals surface area contributed by atoms with Crippen molar-refractivity contribution in [2.45, 2.75) is 19.3 Å². The fourth-order valence-electron chi connectivity index (χ4n) is 4.28. The van der Waals surface area contributed by atoms with Crippen molar-refractivity contribution >= 4 is 17.4 Å². The highest BCUT2D eigenvalue weighted by Crippen LogP contribution is 2.40. The van der Waals surface area contributed by atoms with Gasteiger partial charge in [0.1, 0.15) is 0 Å². The van der Waals surface area contributed by atoms with E-state index in [0.29, 0.717) is 16.7 Å². The number of carbonyl (C=O) groups is 1. The zero-order valence-corrected chi connectivity index (χ0v) is 13.6. The summed E-state index contributed by atoms with van der Waals surface area (Å²) in [5, 5.41) is 4.19. The Morgan fingerprint density at radius 3 is 2.82 bits per heavy atom. The maximum absolute atomic E-state index is 13.2. The quantitative estimate of drug-likeness (QED) is 0.866. The second-order valence-corrected chi connectivity index (χ2v) is 7.89. The Balaban J connectivity index is 1.58. The van der Waals surface area contributed by atoms with E-state index in [2.05, 4.69) is 10.2 Å². The molecule has 0 amide bonds. The number of piperidine rings is 2. The van der Waals surface area contributed by atoms with Crippen LogP contribution in [0.1, 0.15) is 29.6 Å². The molecule has 3 nitrogen and oxygen atoms in total. The second kappa shape index (κ2) is 5.63. The first-order valence-corrected chi connectivity index (χ1v) is 8.76. The van der Waals surface area contributed by atoms with Crippen molar-refractivity contribution in [3.8, 4) is 0 Å². The molecule has 0 spiro atoms. The number of halogens is 1. The summed E-state index contributed by atoms with van der Waals surface area (Å²) in [6.45, 7) is 5.11. The standard InChI is InChI=1S/C18H23ClN2O/c19-16-5-3-15(4-6-16)17(22)18-7-14(8-20-11-18)10-21(12-18)9-13-1-2-13/h3-6,13-14,20H,1-2,7-12H2. The van der Waals surface area contributed by atoms with E-state index in [1.165, 1.54) is 19.4 Å². The molecule has 2 aliphatic heterocycles. The molecule has 1 aromatic carbocycles. The molecule has 2 atom stereocenters. The van der Waals surface area contributed by atoms with E-state index < -0.39 is 0 Å². The second-order valence-electron chi connectivity index (χ2n) is 7.45. The summed E-state index contributed by atoms with van der Waals surface area (Å²) in [4.78, 5) is 15.7. The Bertz CT molecular complexity index is 569. The van der Waals surface area contributed by atoms with Crippen molar-refractivity contribution in [3.63, 3.8) is 0 Å². The number of hydrogen-bond acceptors (Lipinski definition) is 3. The summed E-state index contributed by atoms with van der Waals surface area (Å²) in [5.41, 5.74) is 0.560. The van der Waals surface area contributed by atoms with E-state index in [1.54, 1.807) is 0 Å². The molecule has 4 heteroatoms. The number of likely N-dealkylation sites (tertiary alicyclic amines) is 1. The largest absolute Gasteiger partial charge is 0.315 e. The highest BCUT2D eigenvalue weighted by atomic mass is 35.5. The van der Waals surface area contributed by atoms with Crippen LogP contribution in [-0.2, 0) is 0 Å². The van der Waals surface area contributed by atoms with E-state index in [4.69, 9.17) is 11.6 Å². The molecular weight excluding hydrogens is 296 g/mol. The Kier molecular flexibility index (Phi) is 3.75. The van der Waals surface area contributed by atoms with Crippen molar-refractivity contribution in [1.82, 2.24) is 10.2 Å². The molecule has 0 aromatic heterocycles. The first-order chi connectivity index (χ1) is 10.6. The van der Waals surface area contributed by atoms with Crippen LogP contribution in [0.2, 0.25) is 5.02 Å². The average Bonchev–Trinajstić information content (AvgIpc) is 3.31. The van der Waals surface area contributed by atoms with E-state index in [9.17, 15) is 4.79 Å². The topological polar surface area (TPSA) is 32.3 Å². The SMILES string of the molecule is O=C(c1ccc(Cl)cc1)C12CNCC(CN(CC3CC3)C1)C2. The highest BCUT2D eigenvalue weighted by molar-refractivity contribution is 6.30. The van der Waals surface area contributed by atoms with Crippen LogP contribution in [0.25, 0.3) is 0 Å². The van der Waals surface area contributed by atoms with Crippen molar-refractivity contribution in [2.24, 2.45) is 17.3 Å². The minimum atomic E-state index is -0.246. The minimum absolute atomic E-state index is 0.246. The predicted molar refractivity (Wildman–Crippen MR) is 88.4 cm³/mol. The van der Waals surface area contributed by atoms with E-state index in [1.807, 2.05) is 24.3 Å². The number of hydrogen-bond donors (Lipinski definition) is 1. The number of nitrogens with zero attached hydrogens (tertiary/aromatic N) is 1. The molecule has 2 unspecified atom stereocenters. The maximum atomic E-state index is 13.2. The number of carbonyl (C=O) groups excluding carboxylic acids is 1. The van der Waals surface area contributed by atoms with Gasteiger partial charge in [-0.3, -0.25) is 4.79 Å². The highest BCUT2D eigenvalue weighted by Gasteiger charge is 2.48. The van der Waals surface area contributed by atoms with Gasteiger partial charge in [0.05, 0.1) is 5.41 Å². The first kappa shape index (κ1) is 14.7. The van der Waals surface area contributed by atoms with Crippen LogP contribution >= 0.6 is 11.6 Å². The molecule has 3 fully saturated rings. The molecule has 1 aliphatic carbocycles. The van der Waals surface area contributed by atoms with Gasteiger partial charge in [-0.05, 0) is 61.9 Å². The number of fused-ring (bicyclic) bond motifs is 2. The monoisotopic (exact) mass is 318 g/mol. The molecule has 2 bridgehead atoms. The summed E-state index contributed by atoms with van der Waals surface area (Å²) < 4.78 is 0. The molecule has 118 valence electrons. The normalized spacial score (nSPS) is 32.0. The number of ketones is 1. The summed E-state index contributed by atoms with van der Waals surface area (Å²) in [7, 11) is 0. The van der Waals surface area contributed by atoms with Gasteiger partial charge in [-0.2, -0.15) is 0 Å². The number of rotatable bonds is 4.